The molecule has 30 heavy (non-hydrogen) atoms. The molecule has 0 bridgehead atoms. The Hall–Kier alpha value is -2.21. The average molecular weight is 407 g/mol. The molecule has 0 saturated heterocycles. The summed E-state index contributed by atoms with van der Waals surface area (Å²) in [7, 11) is 4.17. The van der Waals surface area contributed by atoms with E-state index in [0.717, 1.165) is 50.7 Å². The van der Waals surface area contributed by atoms with Crippen molar-refractivity contribution in [3.05, 3.63) is 53.1 Å². The van der Waals surface area contributed by atoms with Gasteiger partial charge in [-0.1, -0.05) is 24.3 Å². The van der Waals surface area contributed by atoms with Crippen LogP contribution in [0, 0.1) is 0 Å². The summed E-state index contributed by atoms with van der Waals surface area (Å²) in [5.74, 6) is 1.15. The zero-order valence-corrected chi connectivity index (χ0v) is 18.7. The Kier molecular flexibility index (Phi) is 6.52. The molecule has 0 unspecified atom stereocenters. The molecule has 0 amide bonds. The van der Waals surface area contributed by atoms with Gasteiger partial charge in [0, 0.05) is 43.3 Å². The highest BCUT2D eigenvalue weighted by molar-refractivity contribution is 5.80. The molecule has 0 aliphatic carbocycles. The third-order valence-corrected chi connectivity index (χ3v) is 6.05. The number of pyridine rings is 1. The van der Waals surface area contributed by atoms with Gasteiger partial charge in [0.05, 0.1) is 18.9 Å². The maximum Gasteiger partial charge on any atom is 0.135 e. The average Bonchev–Trinajstić information content (AvgIpc) is 2.73. The van der Waals surface area contributed by atoms with Crippen molar-refractivity contribution in [3.8, 4) is 11.3 Å². The Morgan fingerprint density at radius 3 is 2.87 bits per heavy atom. The van der Waals surface area contributed by atoms with Crippen LogP contribution in [-0.2, 0) is 17.8 Å². The molecule has 4 rings (SSSR count). The second kappa shape index (κ2) is 9.29. The lowest BCUT2D eigenvalue weighted by atomic mass is 9.90. The summed E-state index contributed by atoms with van der Waals surface area (Å²) in [6, 6.07) is 11.6. The highest BCUT2D eigenvalue weighted by atomic mass is 16.5. The van der Waals surface area contributed by atoms with Crippen LogP contribution in [-0.4, -0.2) is 56.3 Å². The first kappa shape index (κ1) is 21.0. The zero-order chi connectivity index (χ0) is 21.1. The summed E-state index contributed by atoms with van der Waals surface area (Å²) in [5, 5.41) is 3.22. The second-order valence-electron chi connectivity index (χ2n) is 8.67. The predicted octanol–water partition coefficient (Wildman–Crippen LogP) is 3.93. The number of nitrogens with one attached hydrogen (secondary N) is 1. The third-order valence-electron chi connectivity index (χ3n) is 6.05. The highest BCUT2D eigenvalue weighted by Crippen LogP contribution is 2.41. The number of aromatic nitrogens is 1. The fraction of sp³-hybridized carbons (Fsp3) is 0.480. The molecule has 2 aliphatic rings. The van der Waals surface area contributed by atoms with Gasteiger partial charge in [0.25, 0.3) is 0 Å². The van der Waals surface area contributed by atoms with Crippen LogP contribution in [0.3, 0.4) is 0 Å². The van der Waals surface area contributed by atoms with Crippen LogP contribution < -0.4 is 10.2 Å². The molecule has 1 aromatic heterocycles. The smallest absolute Gasteiger partial charge is 0.135 e. The van der Waals surface area contributed by atoms with Gasteiger partial charge in [0.15, 0.2) is 0 Å². The first-order chi connectivity index (χ1) is 14.6. The van der Waals surface area contributed by atoms with Crippen molar-refractivity contribution in [2.75, 3.05) is 45.3 Å². The van der Waals surface area contributed by atoms with E-state index in [4.69, 9.17) is 9.72 Å². The van der Waals surface area contributed by atoms with Gasteiger partial charge in [-0.2, -0.15) is 0 Å². The zero-order valence-electron chi connectivity index (χ0n) is 18.7. The number of fused-ring (bicyclic) bond motifs is 1. The van der Waals surface area contributed by atoms with Crippen LogP contribution in [0.1, 0.15) is 37.0 Å². The normalized spacial score (nSPS) is 15.9. The van der Waals surface area contributed by atoms with Crippen molar-refractivity contribution >= 4 is 11.4 Å². The Morgan fingerprint density at radius 1 is 1.27 bits per heavy atom. The molecule has 160 valence electrons. The van der Waals surface area contributed by atoms with E-state index in [0.29, 0.717) is 12.6 Å². The molecule has 0 fully saturated rings. The minimum atomic E-state index is 0.462. The van der Waals surface area contributed by atoms with E-state index in [1.807, 2.05) is 7.05 Å². The lowest BCUT2D eigenvalue weighted by Gasteiger charge is -2.40. The van der Waals surface area contributed by atoms with Crippen LogP contribution in [0.4, 0.5) is 5.82 Å². The summed E-state index contributed by atoms with van der Waals surface area (Å²) in [6.07, 6.45) is 3.22. The van der Waals surface area contributed by atoms with Gasteiger partial charge in [0.1, 0.15) is 5.82 Å². The summed E-state index contributed by atoms with van der Waals surface area (Å²) in [6.45, 7) is 9.96. The Balaban J connectivity index is 1.67. The van der Waals surface area contributed by atoms with Crippen LogP contribution in [0.25, 0.3) is 16.8 Å². The van der Waals surface area contributed by atoms with Crippen molar-refractivity contribution in [1.29, 1.82) is 0 Å². The van der Waals surface area contributed by atoms with Gasteiger partial charge >= 0.3 is 0 Å². The molecular weight excluding hydrogens is 372 g/mol. The predicted molar refractivity (Wildman–Crippen MR) is 125 cm³/mol. The largest absolute Gasteiger partial charge is 0.377 e. The van der Waals surface area contributed by atoms with E-state index in [2.05, 4.69) is 72.4 Å². The first-order valence-corrected chi connectivity index (χ1v) is 11.1. The van der Waals surface area contributed by atoms with Gasteiger partial charge in [-0.25, -0.2) is 4.98 Å². The molecule has 2 aliphatic heterocycles. The monoisotopic (exact) mass is 406 g/mol. The topological polar surface area (TPSA) is 40.6 Å². The van der Waals surface area contributed by atoms with Crippen LogP contribution in [0.2, 0.25) is 0 Å². The van der Waals surface area contributed by atoms with E-state index in [1.165, 1.54) is 27.8 Å². The number of rotatable bonds is 8. The second-order valence-corrected chi connectivity index (χ2v) is 8.67. The van der Waals surface area contributed by atoms with Crippen molar-refractivity contribution in [3.63, 3.8) is 0 Å². The van der Waals surface area contributed by atoms with Crippen molar-refractivity contribution in [2.24, 2.45) is 0 Å². The van der Waals surface area contributed by atoms with Gasteiger partial charge in [-0.15, -0.1) is 0 Å². The number of hydrogen-bond acceptors (Lipinski definition) is 5. The maximum atomic E-state index is 5.55. The van der Waals surface area contributed by atoms with E-state index in [-0.39, 0.29) is 0 Å². The summed E-state index contributed by atoms with van der Waals surface area (Å²) >= 11 is 0. The molecule has 1 N–H and O–H groups in total. The Bertz CT molecular complexity index is 921. The van der Waals surface area contributed by atoms with E-state index >= 15 is 0 Å². The van der Waals surface area contributed by atoms with Crippen LogP contribution >= 0.6 is 0 Å². The molecule has 5 heteroatoms. The fourth-order valence-electron chi connectivity index (χ4n) is 4.26. The molecule has 3 heterocycles. The molecular formula is C25H34N4O. The van der Waals surface area contributed by atoms with Crippen LogP contribution in [0.15, 0.2) is 36.4 Å². The van der Waals surface area contributed by atoms with E-state index in [1.54, 1.807) is 0 Å². The SMILES string of the molecule is CNCCN(C)Cc1cccc(-c2cc(C3=CCOCC3)c3c(n2)N(C(C)C)C3)c1. The molecule has 0 atom stereocenters. The molecule has 2 aromatic rings. The lowest BCUT2D eigenvalue weighted by molar-refractivity contribution is 0.161. The van der Waals surface area contributed by atoms with Crippen LogP contribution in [0.5, 0.6) is 0 Å². The highest BCUT2D eigenvalue weighted by Gasteiger charge is 2.31. The van der Waals surface area contributed by atoms with Gasteiger partial charge in [0.2, 0.25) is 0 Å². The number of likely N-dealkylation sites (N-methyl/N-ethyl adjacent to an activating group) is 2. The van der Waals surface area contributed by atoms with Gasteiger partial charge in [-0.05, 0) is 63.2 Å². The molecule has 0 saturated carbocycles. The fourth-order valence-corrected chi connectivity index (χ4v) is 4.26. The van der Waals surface area contributed by atoms with Gasteiger partial charge < -0.3 is 19.9 Å². The maximum absolute atomic E-state index is 5.55. The standard InChI is InChI=1S/C25H34N4O/c1-18(2)29-17-23-22(20-8-12-30-13-9-20)15-24(27-25(23)29)21-7-5-6-19(14-21)16-28(4)11-10-26-3/h5-8,14-15,18,26H,9-13,16-17H2,1-4H3. The van der Waals surface area contributed by atoms with Gasteiger partial charge in [-0.3, -0.25) is 0 Å². The molecule has 0 radical (unpaired) electrons. The number of anilines is 1. The number of nitrogens with zero attached hydrogens (tertiary/aromatic N) is 3. The number of hydrogen-bond donors (Lipinski definition) is 1. The van der Waals surface area contributed by atoms with Crippen molar-refractivity contribution in [2.45, 2.75) is 39.4 Å². The molecule has 0 spiro atoms. The Morgan fingerprint density at radius 2 is 2.13 bits per heavy atom. The lowest BCUT2D eigenvalue weighted by Crippen LogP contribution is -2.40. The Labute approximate surface area is 180 Å². The van der Waals surface area contributed by atoms with E-state index in [9.17, 15) is 0 Å². The van der Waals surface area contributed by atoms with E-state index < -0.39 is 0 Å². The summed E-state index contributed by atoms with van der Waals surface area (Å²) in [4.78, 5) is 9.85. The quantitative estimate of drug-likeness (QED) is 0.719. The minimum absolute atomic E-state index is 0.462. The first-order valence-electron chi connectivity index (χ1n) is 11.1. The minimum Gasteiger partial charge on any atom is -0.377 e. The molecule has 1 aromatic carbocycles. The molecule has 5 nitrogen and oxygen atoms in total. The number of ether oxygens (including phenoxy) is 1. The van der Waals surface area contributed by atoms with Crippen molar-refractivity contribution < 1.29 is 4.74 Å². The summed E-state index contributed by atoms with van der Waals surface area (Å²) < 4.78 is 5.55. The summed E-state index contributed by atoms with van der Waals surface area (Å²) in [5.41, 5.74) is 7.76. The number of benzene rings is 1. The van der Waals surface area contributed by atoms with Crippen molar-refractivity contribution in [1.82, 2.24) is 15.2 Å². The third kappa shape index (κ3) is 4.43.